The van der Waals surface area contributed by atoms with Crippen LogP contribution in [0.4, 0.5) is 0 Å². The number of Topliss-reactive ketones (excluding diaryl/α,β-unsaturated/α-hetero) is 1. The fourth-order valence-electron chi connectivity index (χ4n) is 4.49. The van der Waals surface area contributed by atoms with Gasteiger partial charge in [0.05, 0.1) is 21.7 Å². The summed E-state index contributed by atoms with van der Waals surface area (Å²) in [5, 5.41) is 7.73. The molecule has 1 amide bonds. The molecule has 0 bridgehead atoms. The van der Waals surface area contributed by atoms with Gasteiger partial charge in [-0.1, -0.05) is 78.9 Å². The Balaban J connectivity index is 1.60. The van der Waals surface area contributed by atoms with Crippen LogP contribution in [0.5, 0.6) is 0 Å². The number of hydrogen-bond acceptors (Lipinski definition) is 5. The van der Waals surface area contributed by atoms with Crippen molar-refractivity contribution in [1.29, 1.82) is 0 Å². The van der Waals surface area contributed by atoms with Gasteiger partial charge >= 0.3 is 0 Å². The van der Waals surface area contributed by atoms with E-state index in [4.69, 9.17) is 28.9 Å². The van der Waals surface area contributed by atoms with Gasteiger partial charge in [-0.15, -0.1) is 0 Å². The van der Waals surface area contributed by atoms with E-state index < -0.39 is 17.9 Å². The molecule has 0 radical (unpaired) electrons. The lowest BCUT2D eigenvalue weighted by Gasteiger charge is -2.22. The van der Waals surface area contributed by atoms with Gasteiger partial charge in [0, 0.05) is 24.2 Å². The number of ketones is 1. The lowest BCUT2D eigenvalue weighted by atomic mass is 9.95. The van der Waals surface area contributed by atoms with Crippen molar-refractivity contribution < 1.29 is 14.4 Å². The number of benzene rings is 2. The highest BCUT2D eigenvalue weighted by Crippen LogP contribution is 2.26. The first-order valence-corrected chi connectivity index (χ1v) is 12.8. The van der Waals surface area contributed by atoms with Gasteiger partial charge in [0.2, 0.25) is 0 Å². The van der Waals surface area contributed by atoms with E-state index in [0.717, 1.165) is 42.3 Å². The highest BCUT2D eigenvalue weighted by molar-refractivity contribution is 6.39. The summed E-state index contributed by atoms with van der Waals surface area (Å²) in [6, 6.07) is 13.4. The van der Waals surface area contributed by atoms with Gasteiger partial charge in [-0.25, -0.2) is 4.68 Å². The van der Waals surface area contributed by atoms with E-state index in [1.165, 1.54) is 6.20 Å². The summed E-state index contributed by atoms with van der Waals surface area (Å²) >= 11 is 12.4. The lowest BCUT2D eigenvalue weighted by Crippen LogP contribution is -2.38. The molecule has 2 aromatic carbocycles. The predicted octanol–water partition coefficient (Wildman–Crippen LogP) is 4.89. The summed E-state index contributed by atoms with van der Waals surface area (Å²) in [6.45, 7) is 0. The number of amides is 1. The van der Waals surface area contributed by atoms with E-state index in [1.54, 1.807) is 18.2 Å². The van der Waals surface area contributed by atoms with Crippen LogP contribution in [0, 0.1) is 0 Å². The third kappa shape index (κ3) is 6.22. The fraction of sp³-hybridized carbons (Fsp3) is 0.333. The first-order valence-electron chi connectivity index (χ1n) is 12.0. The van der Waals surface area contributed by atoms with Gasteiger partial charge < -0.3 is 11.1 Å². The zero-order chi connectivity index (χ0) is 25.7. The fourth-order valence-corrected chi connectivity index (χ4v) is 5.10. The summed E-state index contributed by atoms with van der Waals surface area (Å²) in [5.74, 6) is -1.27. The molecule has 36 heavy (non-hydrogen) atoms. The number of hydrogen-bond donors (Lipinski definition) is 2. The predicted molar refractivity (Wildman–Crippen MR) is 140 cm³/mol. The van der Waals surface area contributed by atoms with Crippen LogP contribution >= 0.6 is 23.2 Å². The van der Waals surface area contributed by atoms with Crippen LogP contribution in [0.25, 0.3) is 0 Å². The smallest absolute Gasteiger partial charge is 0.272 e. The van der Waals surface area contributed by atoms with Crippen molar-refractivity contribution in [3.8, 4) is 0 Å². The number of aromatic nitrogens is 2. The molecular formula is C27H28Cl2N4O3. The minimum absolute atomic E-state index is 0.0253. The second-order valence-electron chi connectivity index (χ2n) is 9.09. The summed E-state index contributed by atoms with van der Waals surface area (Å²) in [6.07, 6.45) is 6.53. The van der Waals surface area contributed by atoms with Crippen molar-refractivity contribution in [3.63, 3.8) is 0 Å². The van der Waals surface area contributed by atoms with E-state index in [2.05, 4.69) is 10.4 Å². The Morgan fingerprint density at radius 3 is 2.33 bits per heavy atom. The van der Waals surface area contributed by atoms with Crippen molar-refractivity contribution in [1.82, 2.24) is 15.1 Å². The van der Waals surface area contributed by atoms with Crippen LogP contribution in [-0.4, -0.2) is 39.5 Å². The molecule has 1 heterocycles. The molecule has 4 rings (SSSR count). The largest absolute Gasteiger partial charge is 0.348 e. The molecule has 1 atom stereocenters. The molecule has 0 spiro atoms. The lowest BCUT2D eigenvalue weighted by molar-refractivity contribution is 0.0860. The number of nitrogens with two attached hydrogens (primary N) is 1. The number of nitrogens with one attached hydrogen (secondary N) is 1. The average molecular weight is 527 g/mol. The molecule has 1 saturated carbocycles. The van der Waals surface area contributed by atoms with Gasteiger partial charge in [0.25, 0.3) is 11.8 Å². The van der Waals surface area contributed by atoms with Crippen LogP contribution in [0.1, 0.15) is 68.9 Å². The maximum atomic E-state index is 13.2. The molecule has 188 valence electrons. The monoisotopic (exact) mass is 526 g/mol. The second kappa shape index (κ2) is 11.8. The van der Waals surface area contributed by atoms with E-state index in [1.807, 2.05) is 30.3 Å². The SMILES string of the molecule is NC(Cc1ccccc1)C(=O)n1cc(CC(=O)c2c(Cl)cccc2Cl)c(C(=O)NC2CCCCC2)n1. The van der Waals surface area contributed by atoms with Crippen LogP contribution < -0.4 is 11.1 Å². The Kier molecular flexibility index (Phi) is 8.56. The van der Waals surface area contributed by atoms with E-state index in [-0.39, 0.29) is 39.5 Å². The summed E-state index contributed by atoms with van der Waals surface area (Å²) < 4.78 is 1.07. The van der Waals surface area contributed by atoms with Gasteiger partial charge in [0.15, 0.2) is 11.5 Å². The van der Waals surface area contributed by atoms with Gasteiger partial charge in [-0.05, 0) is 37.0 Å². The molecule has 9 heteroatoms. The summed E-state index contributed by atoms with van der Waals surface area (Å²) in [5.41, 5.74) is 7.59. The Hall–Kier alpha value is -3.00. The van der Waals surface area contributed by atoms with Crippen molar-refractivity contribution in [2.75, 3.05) is 0 Å². The number of halogens is 2. The minimum atomic E-state index is -0.872. The molecule has 1 aliphatic carbocycles. The molecule has 1 aromatic heterocycles. The van der Waals surface area contributed by atoms with Crippen molar-refractivity contribution >= 4 is 40.8 Å². The quantitative estimate of drug-likeness (QED) is 0.406. The van der Waals surface area contributed by atoms with Gasteiger partial charge in [0.1, 0.15) is 0 Å². The Bertz CT molecular complexity index is 1230. The topological polar surface area (TPSA) is 107 Å². The third-order valence-electron chi connectivity index (χ3n) is 6.38. The molecule has 7 nitrogen and oxygen atoms in total. The number of carbonyl (C=O) groups is 3. The average Bonchev–Trinajstić information content (AvgIpc) is 3.28. The molecule has 0 saturated heterocycles. The first kappa shape index (κ1) is 26.1. The van der Waals surface area contributed by atoms with E-state index in [9.17, 15) is 14.4 Å². The number of nitrogens with zero attached hydrogens (tertiary/aromatic N) is 2. The molecule has 1 aliphatic rings. The normalized spacial score (nSPS) is 14.9. The Labute approximate surface area is 220 Å². The van der Waals surface area contributed by atoms with Gasteiger partial charge in [-0.3, -0.25) is 14.4 Å². The standard InChI is InChI=1S/C27H28Cl2N4O3/c28-20-12-7-13-21(29)24(20)23(34)15-18-16-33(27(36)22(30)14-17-8-3-1-4-9-17)32-25(18)26(35)31-19-10-5-2-6-11-19/h1,3-4,7-9,12-13,16,19,22H,2,5-6,10-11,14-15,30H2,(H,31,35). The van der Waals surface area contributed by atoms with Gasteiger partial charge in [-0.2, -0.15) is 5.10 Å². The highest BCUT2D eigenvalue weighted by Gasteiger charge is 2.27. The molecular weight excluding hydrogens is 499 g/mol. The molecule has 3 N–H and O–H groups in total. The first-order chi connectivity index (χ1) is 17.3. The molecule has 1 fully saturated rings. The van der Waals surface area contributed by atoms with Crippen molar-refractivity contribution in [3.05, 3.63) is 87.2 Å². The van der Waals surface area contributed by atoms with E-state index >= 15 is 0 Å². The van der Waals surface area contributed by atoms with E-state index in [0.29, 0.717) is 12.0 Å². The molecule has 0 aliphatic heterocycles. The zero-order valence-electron chi connectivity index (χ0n) is 19.8. The number of rotatable bonds is 8. The van der Waals surface area contributed by atoms with Crippen molar-refractivity contribution in [2.24, 2.45) is 5.73 Å². The Morgan fingerprint density at radius 1 is 1.00 bits per heavy atom. The number of carbonyl (C=O) groups excluding carboxylic acids is 3. The second-order valence-corrected chi connectivity index (χ2v) is 9.90. The molecule has 3 aromatic rings. The van der Waals surface area contributed by atoms with Crippen molar-refractivity contribution in [2.45, 2.75) is 57.0 Å². The van der Waals surface area contributed by atoms with Crippen LogP contribution in [0.15, 0.2) is 54.7 Å². The highest BCUT2D eigenvalue weighted by atomic mass is 35.5. The summed E-state index contributed by atoms with van der Waals surface area (Å²) in [7, 11) is 0. The Morgan fingerprint density at radius 2 is 1.67 bits per heavy atom. The summed E-state index contributed by atoms with van der Waals surface area (Å²) in [4.78, 5) is 39.4. The molecule has 1 unspecified atom stereocenters. The maximum absolute atomic E-state index is 13.2. The maximum Gasteiger partial charge on any atom is 0.272 e. The van der Waals surface area contributed by atoms with Crippen LogP contribution in [-0.2, 0) is 12.8 Å². The van der Waals surface area contributed by atoms with Crippen LogP contribution in [0.3, 0.4) is 0 Å². The zero-order valence-corrected chi connectivity index (χ0v) is 21.3. The van der Waals surface area contributed by atoms with Crippen LogP contribution in [0.2, 0.25) is 10.0 Å². The third-order valence-corrected chi connectivity index (χ3v) is 7.01. The minimum Gasteiger partial charge on any atom is -0.348 e.